The lowest BCUT2D eigenvalue weighted by Crippen LogP contribution is -2.15. The second-order valence-corrected chi connectivity index (χ2v) is 2.04. The van der Waals surface area contributed by atoms with Crippen molar-refractivity contribution < 1.29 is 24.5 Å². The Morgan fingerprint density at radius 1 is 1.57 bits per heavy atom. The van der Waals surface area contributed by atoms with Gasteiger partial charge in [-0.2, -0.15) is 0 Å². The van der Waals surface area contributed by atoms with Crippen LogP contribution >= 0.6 is 0 Å². The molecule has 1 unspecified atom stereocenters. The first-order valence-electron chi connectivity index (χ1n) is 3.42. The largest absolute Gasteiger partial charge is 0.466 e. The molecule has 14 heavy (non-hydrogen) atoms. The SMILES string of the molecule is C=CC(O)C(=C)C(=O)OC.NC(=O)O. The van der Waals surface area contributed by atoms with Gasteiger partial charge in [0.15, 0.2) is 0 Å². The van der Waals surface area contributed by atoms with Crippen LogP contribution in [0.15, 0.2) is 24.8 Å². The Morgan fingerprint density at radius 3 is 2.14 bits per heavy atom. The predicted molar refractivity (Wildman–Crippen MR) is 49.6 cm³/mol. The van der Waals surface area contributed by atoms with Gasteiger partial charge in [-0.15, -0.1) is 6.58 Å². The summed E-state index contributed by atoms with van der Waals surface area (Å²) in [5.74, 6) is -0.618. The fourth-order valence-corrected chi connectivity index (χ4v) is 0.394. The van der Waals surface area contributed by atoms with Crippen molar-refractivity contribution in [2.45, 2.75) is 6.10 Å². The van der Waals surface area contributed by atoms with Crippen LogP contribution in [0.2, 0.25) is 0 Å². The predicted octanol–water partition coefficient (Wildman–Crippen LogP) is -0.114. The Labute approximate surface area is 81.3 Å². The first-order chi connectivity index (χ1) is 6.36. The van der Waals surface area contributed by atoms with E-state index in [1.165, 1.54) is 13.2 Å². The number of hydrogen-bond donors (Lipinski definition) is 3. The smallest absolute Gasteiger partial charge is 0.402 e. The molecule has 0 radical (unpaired) electrons. The number of carbonyl (C=O) groups excluding carboxylic acids is 1. The minimum Gasteiger partial charge on any atom is -0.466 e. The highest BCUT2D eigenvalue weighted by Gasteiger charge is 2.12. The number of ether oxygens (including phenoxy) is 1. The van der Waals surface area contributed by atoms with Crippen LogP contribution in [0.3, 0.4) is 0 Å². The van der Waals surface area contributed by atoms with Crippen LogP contribution in [0.25, 0.3) is 0 Å². The molecule has 0 spiro atoms. The first-order valence-corrected chi connectivity index (χ1v) is 3.42. The van der Waals surface area contributed by atoms with E-state index in [1.807, 2.05) is 0 Å². The third-order valence-electron chi connectivity index (χ3n) is 1.03. The van der Waals surface area contributed by atoms with Crippen LogP contribution in [0, 0.1) is 0 Å². The van der Waals surface area contributed by atoms with Crippen LogP contribution < -0.4 is 5.73 Å². The molecular formula is C8H13NO5. The van der Waals surface area contributed by atoms with Gasteiger partial charge >= 0.3 is 12.1 Å². The monoisotopic (exact) mass is 203 g/mol. The Kier molecular flexibility index (Phi) is 8.20. The number of primary amides is 1. The van der Waals surface area contributed by atoms with Crippen molar-refractivity contribution in [3.05, 3.63) is 24.8 Å². The average Bonchev–Trinajstić information content (AvgIpc) is 2.13. The number of aliphatic hydroxyl groups is 1. The number of amides is 1. The summed E-state index contributed by atoms with van der Waals surface area (Å²) in [4.78, 5) is 19.4. The first kappa shape index (κ1) is 14.7. The standard InChI is InChI=1S/C7H10O3.CH3NO2/c1-4-6(8)5(2)7(9)10-3;2-1(3)4/h4,6,8H,1-2H2,3H3;2H2,(H,3,4). The van der Waals surface area contributed by atoms with E-state index in [0.29, 0.717) is 0 Å². The van der Waals surface area contributed by atoms with E-state index in [0.717, 1.165) is 0 Å². The molecule has 0 aromatic carbocycles. The Hall–Kier alpha value is -1.82. The van der Waals surface area contributed by atoms with E-state index in [4.69, 9.17) is 15.0 Å². The van der Waals surface area contributed by atoms with Crippen LogP contribution in [-0.4, -0.2) is 35.5 Å². The number of esters is 1. The van der Waals surface area contributed by atoms with E-state index < -0.39 is 18.2 Å². The van der Waals surface area contributed by atoms with Crippen LogP contribution in [0.5, 0.6) is 0 Å². The molecule has 0 saturated heterocycles. The highest BCUT2D eigenvalue weighted by molar-refractivity contribution is 5.89. The summed E-state index contributed by atoms with van der Waals surface area (Å²) >= 11 is 0. The summed E-state index contributed by atoms with van der Waals surface area (Å²) in [5.41, 5.74) is 4.03. The Morgan fingerprint density at radius 2 is 1.93 bits per heavy atom. The second kappa shape index (κ2) is 7.81. The fourth-order valence-electron chi connectivity index (χ4n) is 0.394. The van der Waals surface area contributed by atoms with Crippen molar-refractivity contribution >= 4 is 12.1 Å². The van der Waals surface area contributed by atoms with Crippen molar-refractivity contribution in [2.75, 3.05) is 7.11 Å². The zero-order valence-corrected chi connectivity index (χ0v) is 7.77. The maximum atomic E-state index is 10.6. The third kappa shape index (κ3) is 8.28. The normalized spacial score (nSPS) is 10.1. The van der Waals surface area contributed by atoms with Gasteiger partial charge in [0.2, 0.25) is 0 Å². The molecule has 0 aromatic rings. The average molecular weight is 203 g/mol. The molecule has 80 valence electrons. The van der Waals surface area contributed by atoms with Crippen molar-refractivity contribution in [3.63, 3.8) is 0 Å². The van der Waals surface area contributed by atoms with Gasteiger partial charge in [-0.25, -0.2) is 9.59 Å². The number of carbonyl (C=O) groups is 2. The molecule has 0 saturated carbocycles. The van der Waals surface area contributed by atoms with E-state index in [1.54, 1.807) is 0 Å². The summed E-state index contributed by atoms with van der Waals surface area (Å²) in [6.07, 6.45) is -1.13. The molecule has 1 amide bonds. The van der Waals surface area contributed by atoms with Gasteiger partial charge in [0.05, 0.1) is 12.7 Å². The van der Waals surface area contributed by atoms with Crippen LogP contribution in [0.1, 0.15) is 0 Å². The van der Waals surface area contributed by atoms with E-state index in [9.17, 15) is 4.79 Å². The summed E-state index contributed by atoms with van der Waals surface area (Å²) in [6, 6.07) is 0. The van der Waals surface area contributed by atoms with Crippen LogP contribution in [0.4, 0.5) is 4.79 Å². The molecule has 1 atom stereocenters. The number of carboxylic acid groups (broad SMARTS) is 1. The van der Waals surface area contributed by atoms with E-state index in [-0.39, 0.29) is 5.57 Å². The lowest BCUT2D eigenvalue weighted by Gasteiger charge is -2.05. The minimum absolute atomic E-state index is 0.00231. The summed E-state index contributed by atoms with van der Waals surface area (Å²) in [6.45, 7) is 6.58. The van der Waals surface area contributed by atoms with Gasteiger partial charge in [0.25, 0.3) is 0 Å². The Bertz CT molecular complexity index is 232. The molecule has 0 aromatic heterocycles. The minimum atomic E-state index is -1.33. The van der Waals surface area contributed by atoms with Gasteiger partial charge in [-0.05, 0) is 0 Å². The summed E-state index contributed by atoms with van der Waals surface area (Å²) < 4.78 is 4.29. The maximum Gasteiger partial charge on any atom is 0.402 e. The molecule has 0 aliphatic carbocycles. The van der Waals surface area contributed by atoms with Gasteiger partial charge in [0.1, 0.15) is 6.10 Å². The topological polar surface area (TPSA) is 110 Å². The van der Waals surface area contributed by atoms with Gasteiger partial charge < -0.3 is 20.7 Å². The van der Waals surface area contributed by atoms with Gasteiger partial charge in [-0.1, -0.05) is 12.7 Å². The van der Waals surface area contributed by atoms with Gasteiger partial charge in [0, 0.05) is 0 Å². The molecule has 0 aliphatic rings. The summed E-state index contributed by atoms with van der Waals surface area (Å²) in [5, 5.41) is 16.1. The van der Waals surface area contributed by atoms with Crippen LogP contribution in [-0.2, 0) is 9.53 Å². The molecule has 6 nitrogen and oxygen atoms in total. The lowest BCUT2D eigenvalue weighted by atomic mass is 10.2. The van der Waals surface area contributed by atoms with Crippen molar-refractivity contribution in [2.24, 2.45) is 5.73 Å². The number of nitrogens with two attached hydrogens (primary N) is 1. The zero-order chi connectivity index (χ0) is 11.7. The number of methoxy groups -OCH3 is 1. The molecule has 0 aliphatic heterocycles. The number of aliphatic hydroxyl groups excluding tert-OH is 1. The molecule has 0 fully saturated rings. The molecule has 0 heterocycles. The van der Waals surface area contributed by atoms with Gasteiger partial charge in [-0.3, -0.25) is 0 Å². The molecule has 0 bridgehead atoms. The summed E-state index contributed by atoms with van der Waals surface area (Å²) in [7, 11) is 1.23. The number of rotatable bonds is 3. The van der Waals surface area contributed by atoms with Crippen molar-refractivity contribution in [1.29, 1.82) is 0 Å². The molecular weight excluding hydrogens is 190 g/mol. The zero-order valence-electron chi connectivity index (χ0n) is 7.77. The van der Waals surface area contributed by atoms with Crippen molar-refractivity contribution in [1.82, 2.24) is 0 Å². The lowest BCUT2D eigenvalue weighted by molar-refractivity contribution is -0.136. The Balaban J connectivity index is 0. The highest BCUT2D eigenvalue weighted by Crippen LogP contribution is 2.01. The quantitative estimate of drug-likeness (QED) is 0.336. The fraction of sp³-hybridized carbons (Fsp3) is 0.250. The molecule has 0 rings (SSSR count). The highest BCUT2D eigenvalue weighted by atomic mass is 16.5. The van der Waals surface area contributed by atoms with E-state index in [2.05, 4.69) is 23.6 Å². The van der Waals surface area contributed by atoms with E-state index >= 15 is 0 Å². The number of hydrogen-bond acceptors (Lipinski definition) is 4. The second-order valence-electron chi connectivity index (χ2n) is 2.04. The van der Waals surface area contributed by atoms with Crippen molar-refractivity contribution in [3.8, 4) is 0 Å². The maximum absolute atomic E-state index is 10.6. The molecule has 4 N–H and O–H groups in total. The molecule has 6 heteroatoms. The third-order valence-corrected chi connectivity index (χ3v) is 1.03.